The zero-order chi connectivity index (χ0) is 12.6. The van der Waals surface area contributed by atoms with Crippen molar-refractivity contribution in [1.29, 1.82) is 0 Å². The van der Waals surface area contributed by atoms with Gasteiger partial charge in [-0.15, -0.1) is 0 Å². The molecular weight excluding hydrogens is 202 g/mol. The number of nitrogens with one attached hydrogen (secondary N) is 2. The van der Waals surface area contributed by atoms with E-state index in [1.807, 2.05) is 20.8 Å². The van der Waals surface area contributed by atoms with Crippen molar-refractivity contribution in [1.82, 2.24) is 15.5 Å². The molecule has 0 aliphatic rings. The van der Waals surface area contributed by atoms with E-state index in [4.69, 9.17) is 0 Å². The van der Waals surface area contributed by atoms with E-state index in [1.165, 1.54) is 0 Å². The molecule has 0 rings (SSSR count). The van der Waals surface area contributed by atoms with E-state index in [1.54, 1.807) is 0 Å². The van der Waals surface area contributed by atoms with Crippen molar-refractivity contribution in [3.05, 3.63) is 0 Å². The van der Waals surface area contributed by atoms with E-state index in [2.05, 4.69) is 29.4 Å². The molecule has 0 saturated carbocycles. The van der Waals surface area contributed by atoms with Crippen molar-refractivity contribution in [2.24, 2.45) is 0 Å². The van der Waals surface area contributed by atoms with Crippen molar-refractivity contribution in [3.63, 3.8) is 0 Å². The molecule has 0 atom stereocenters. The molecule has 2 amide bonds. The van der Waals surface area contributed by atoms with Crippen LogP contribution in [0.15, 0.2) is 0 Å². The molecule has 0 spiro atoms. The first kappa shape index (κ1) is 15.2. The van der Waals surface area contributed by atoms with Gasteiger partial charge in [-0.3, -0.25) is 0 Å². The Morgan fingerprint density at radius 1 is 1.19 bits per heavy atom. The monoisotopic (exact) mass is 229 g/mol. The molecule has 0 aliphatic heterocycles. The molecule has 0 bridgehead atoms. The molecule has 0 fully saturated rings. The Balaban J connectivity index is 3.55. The van der Waals surface area contributed by atoms with Gasteiger partial charge in [0.1, 0.15) is 0 Å². The second-order valence-corrected chi connectivity index (χ2v) is 5.01. The van der Waals surface area contributed by atoms with Crippen LogP contribution in [-0.4, -0.2) is 42.6 Å². The number of hydrogen-bond donors (Lipinski definition) is 2. The van der Waals surface area contributed by atoms with Gasteiger partial charge in [0.15, 0.2) is 0 Å². The van der Waals surface area contributed by atoms with Crippen LogP contribution in [0.3, 0.4) is 0 Å². The summed E-state index contributed by atoms with van der Waals surface area (Å²) in [5, 5.41) is 5.74. The number of carbonyl (C=O) groups excluding carboxylic acids is 1. The fourth-order valence-corrected chi connectivity index (χ4v) is 1.43. The Bertz CT molecular complexity index is 195. The average molecular weight is 229 g/mol. The predicted octanol–water partition coefficient (Wildman–Crippen LogP) is 1.82. The third-order valence-corrected chi connectivity index (χ3v) is 2.32. The molecular formula is C12H27N3O. The molecule has 0 aliphatic carbocycles. The number of hydrogen-bond acceptors (Lipinski definition) is 2. The van der Waals surface area contributed by atoms with Crippen molar-refractivity contribution in [2.75, 3.05) is 26.2 Å². The Morgan fingerprint density at radius 2 is 1.75 bits per heavy atom. The molecule has 4 nitrogen and oxygen atoms in total. The lowest BCUT2D eigenvalue weighted by Crippen LogP contribution is -2.46. The summed E-state index contributed by atoms with van der Waals surface area (Å²) >= 11 is 0. The summed E-state index contributed by atoms with van der Waals surface area (Å²) < 4.78 is 0. The van der Waals surface area contributed by atoms with E-state index in [0.717, 1.165) is 32.6 Å². The van der Waals surface area contributed by atoms with Crippen LogP contribution in [0.4, 0.5) is 4.79 Å². The summed E-state index contributed by atoms with van der Waals surface area (Å²) in [6.45, 7) is 14.2. The maximum absolute atomic E-state index is 11.4. The summed E-state index contributed by atoms with van der Waals surface area (Å²) in [6, 6.07) is -0.0768. The Morgan fingerprint density at radius 3 is 2.19 bits per heavy atom. The lowest BCUT2D eigenvalue weighted by atomic mass is 10.1. The van der Waals surface area contributed by atoms with Crippen LogP contribution in [0, 0.1) is 0 Å². The van der Waals surface area contributed by atoms with Crippen LogP contribution in [0.2, 0.25) is 0 Å². The molecule has 0 unspecified atom stereocenters. The van der Waals surface area contributed by atoms with Crippen molar-refractivity contribution in [2.45, 2.75) is 46.6 Å². The quantitative estimate of drug-likeness (QED) is 0.682. The fraction of sp³-hybridized carbons (Fsp3) is 0.917. The maximum atomic E-state index is 11.4. The molecule has 0 aromatic carbocycles. The van der Waals surface area contributed by atoms with Gasteiger partial charge in [-0.1, -0.05) is 13.8 Å². The lowest BCUT2D eigenvalue weighted by molar-refractivity contribution is 0.230. The van der Waals surface area contributed by atoms with E-state index in [9.17, 15) is 4.79 Å². The molecule has 0 heterocycles. The number of carbonyl (C=O) groups is 1. The number of urea groups is 1. The Kier molecular flexibility index (Phi) is 7.13. The van der Waals surface area contributed by atoms with Crippen molar-refractivity contribution < 1.29 is 4.79 Å². The van der Waals surface area contributed by atoms with E-state index in [0.29, 0.717) is 0 Å². The highest BCUT2D eigenvalue weighted by atomic mass is 16.2. The summed E-state index contributed by atoms with van der Waals surface area (Å²) in [5.74, 6) is 0. The molecule has 0 aromatic rings. The molecule has 0 radical (unpaired) electrons. The second kappa shape index (κ2) is 7.49. The molecule has 0 aromatic heterocycles. The minimum absolute atomic E-state index is 0.0768. The molecule has 4 heteroatoms. The van der Waals surface area contributed by atoms with Crippen LogP contribution >= 0.6 is 0 Å². The first-order valence-corrected chi connectivity index (χ1v) is 6.17. The van der Waals surface area contributed by atoms with E-state index in [-0.39, 0.29) is 11.6 Å². The van der Waals surface area contributed by atoms with Crippen LogP contribution in [0.1, 0.15) is 41.0 Å². The Hall–Kier alpha value is -0.770. The first-order chi connectivity index (χ1) is 7.39. The van der Waals surface area contributed by atoms with Crippen LogP contribution in [0.25, 0.3) is 0 Å². The third kappa shape index (κ3) is 8.53. The predicted molar refractivity (Wildman–Crippen MR) is 68.7 cm³/mol. The van der Waals surface area contributed by atoms with Crippen molar-refractivity contribution in [3.8, 4) is 0 Å². The number of amides is 2. The van der Waals surface area contributed by atoms with Gasteiger partial charge in [-0.25, -0.2) is 4.79 Å². The highest BCUT2D eigenvalue weighted by Gasteiger charge is 2.12. The summed E-state index contributed by atoms with van der Waals surface area (Å²) in [5.41, 5.74) is -0.164. The second-order valence-electron chi connectivity index (χ2n) is 5.01. The number of nitrogens with zero attached hydrogens (tertiary/aromatic N) is 1. The molecule has 0 saturated heterocycles. The van der Waals surface area contributed by atoms with E-state index < -0.39 is 0 Å². The first-order valence-electron chi connectivity index (χ1n) is 6.17. The van der Waals surface area contributed by atoms with Gasteiger partial charge in [0, 0.05) is 12.1 Å². The standard InChI is InChI=1S/C12H27N3O/c1-6-15(7-2)10-8-9-13-11(16)14-12(3,4)5/h6-10H2,1-5H3,(H2,13,14,16). The summed E-state index contributed by atoms with van der Waals surface area (Å²) in [7, 11) is 0. The van der Waals surface area contributed by atoms with Gasteiger partial charge >= 0.3 is 6.03 Å². The summed E-state index contributed by atoms with van der Waals surface area (Å²) in [6.07, 6.45) is 0.999. The van der Waals surface area contributed by atoms with Crippen LogP contribution in [0.5, 0.6) is 0 Å². The largest absolute Gasteiger partial charge is 0.338 e. The van der Waals surface area contributed by atoms with Crippen LogP contribution in [-0.2, 0) is 0 Å². The highest BCUT2D eigenvalue weighted by Crippen LogP contribution is 1.97. The smallest absolute Gasteiger partial charge is 0.315 e. The minimum atomic E-state index is -0.164. The zero-order valence-electron chi connectivity index (χ0n) is 11.4. The maximum Gasteiger partial charge on any atom is 0.315 e. The lowest BCUT2D eigenvalue weighted by Gasteiger charge is -2.21. The van der Waals surface area contributed by atoms with Gasteiger partial charge in [0.25, 0.3) is 0 Å². The van der Waals surface area contributed by atoms with Gasteiger partial charge in [-0.2, -0.15) is 0 Å². The topological polar surface area (TPSA) is 44.4 Å². The minimum Gasteiger partial charge on any atom is -0.338 e. The van der Waals surface area contributed by atoms with Crippen LogP contribution < -0.4 is 10.6 Å². The average Bonchev–Trinajstić information content (AvgIpc) is 2.15. The van der Waals surface area contributed by atoms with Gasteiger partial charge < -0.3 is 15.5 Å². The molecule has 96 valence electrons. The van der Waals surface area contributed by atoms with Crippen molar-refractivity contribution >= 4 is 6.03 Å². The van der Waals surface area contributed by atoms with E-state index >= 15 is 0 Å². The zero-order valence-corrected chi connectivity index (χ0v) is 11.4. The summed E-state index contributed by atoms with van der Waals surface area (Å²) in [4.78, 5) is 13.8. The molecule has 16 heavy (non-hydrogen) atoms. The van der Waals surface area contributed by atoms with Gasteiger partial charge in [0.05, 0.1) is 0 Å². The number of rotatable bonds is 6. The normalized spacial score (nSPS) is 11.6. The molecule has 2 N–H and O–H groups in total. The third-order valence-electron chi connectivity index (χ3n) is 2.32. The fourth-order valence-electron chi connectivity index (χ4n) is 1.43. The van der Waals surface area contributed by atoms with Gasteiger partial charge in [-0.05, 0) is 46.8 Å². The van der Waals surface area contributed by atoms with Gasteiger partial charge in [0.2, 0.25) is 0 Å². The Labute approximate surface area is 99.8 Å². The highest BCUT2D eigenvalue weighted by molar-refractivity contribution is 5.74. The SMILES string of the molecule is CCN(CC)CCCNC(=O)NC(C)(C)C.